The van der Waals surface area contributed by atoms with E-state index in [0.29, 0.717) is 19.4 Å². The second-order valence-corrected chi connectivity index (χ2v) is 5.07. The van der Waals surface area contributed by atoms with Gasteiger partial charge in [-0.05, 0) is 12.5 Å². The molecule has 2 atom stereocenters. The average Bonchev–Trinajstić information content (AvgIpc) is 2.59. The molecule has 1 heterocycles. The predicted molar refractivity (Wildman–Crippen MR) is 78.1 cm³/mol. The predicted octanol–water partition coefficient (Wildman–Crippen LogP) is 1.52. The fourth-order valence-corrected chi connectivity index (χ4v) is 2.38. The molecule has 0 radical (unpaired) electrons. The lowest BCUT2D eigenvalue weighted by atomic mass is 10.0. The summed E-state index contributed by atoms with van der Waals surface area (Å²) < 4.78 is 0. The van der Waals surface area contributed by atoms with Crippen LogP contribution in [0.1, 0.15) is 18.9 Å². The Hall–Kier alpha value is -2.10. The van der Waals surface area contributed by atoms with Gasteiger partial charge in [-0.25, -0.2) is 0 Å². The highest BCUT2D eigenvalue weighted by atomic mass is 16.2. The molecule has 0 bridgehead atoms. The Bertz CT molecular complexity index is 498. The van der Waals surface area contributed by atoms with Crippen LogP contribution in [0.3, 0.4) is 0 Å². The summed E-state index contributed by atoms with van der Waals surface area (Å²) in [7, 11) is 0. The standard InChI is InChI=1S/C16H20N2O2/c1-3-12(2)18-10-9-15(19)17-14(16(18)20)11-13-7-5-4-6-8-13/h3-8,12,14H,1,9-11H2,2H3,(H,17,19). The van der Waals surface area contributed by atoms with E-state index in [-0.39, 0.29) is 17.9 Å². The van der Waals surface area contributed by atoms with Crippen LogP contribution in [0.25, 0.3) is 0 Å². The first kappa shape index (κ1) is 14.3. The Morgan fingerprint density at radius 1 is 1.40 bits per heavy atom. The van der Waals surface area contributed by atoms with Crippen LogP contribution in [0.5, 0.6) is 0 Å². The van der Waals surface area contributed by atoms with Crippen molar-refractivity contribution in [3.8, 4) is 0 Å². The van der Waals surface area contributed by atoms with Gasteiger partial charge in [-0.2, -0.15) is 0 Å². The van der Waals surface area contributed by atoms with Gasteiger partial charge in [-0.15, -0.1) is 6.58 Å². The fourth-order valence-electron chi connectivity index (χ4n) is 2.38. The van der Waals surface area contributed by atoms with Crippen molar-refractivity contribution in [2.75, 3.05) is 6.54 Å². The van der Waals surface area contributed by atoms with Crippen molar-refractivity contribution >= 4 is 11.8 Å². The molecule has 4 nitrogen and oxygen atoms in total. The summed E-state index contributed by atoms with van der Waals surface area (Å²) in [5.74, 6) is -0.106. The smallest absolute Gasteiger partial charge is 0.245 e. The topological polar surface area (TPSA) is 49.4 Å². The average molecular weight is 272 g/mol. The van der Waals surface area contributed by atoms with Crippen LogP contribution >= 0.6 is 0 Å². The molecule has 1 aromatic rings. The third kappa shape index (κ3) is 3.26. The van der Waals surface area contributed by atoms with E-state index in [9.17, 15) is 9.59 Å². The molecule has 0 aromatic heterocycles. The van der Waals surface area contributed by atoms with Crippen LogP contribution in [0.2, 0.25) is 0 Å². The van der Waals surface area contributed by atoms with E-state index in [0.717, 1.165) is 5.56 Å². The van der Waals surface area contributed by atoms with E-state index in [2.05, 4.69) is 11.9 Å². The van der Waals surface area contributed by atoms with Crippen LogP contribution in [-0.4, -0.2) is 35.3 Å². The van der Waals surface area contributed by atoms with E-state index in [1.54, 1.807) is 11.0 Å². The summed E-state index contributed by atoms with van der Waals surface area (Å²) in [6.45, 7) is 6.09. The summed E-state index contributed by atoms with van der Waals surface area (Å²) >= 11 is 0. The molecule has 20 heavy (non-hydrogen) atoms. The Morgan fingerprint density at radius 3 is 2.75 bits per heavy atom. The molecular weight excluding hydrogens is 252 g/mol. The highest BCUT2D eigenvalue weighted by molar-refractivity contribution is 5.90. The summed E-state index contributed by atoms with van der Waals surface area (Å²) in [6, 6.07) is 9.17. The van der Waals surface area contributed by atoms with Crippen LogP contribution in [0.4, 0.5) is 0 Å². The normalized spacial score (nSPS) is 21.1. The molecule has 1 aromatic carbocycles. The summed E-state index contributed by atoms with van der Waals surface area (Å²) in [5, 5.41) is 2.82. The zero-order valence-corrected chi connectivity index (χ0v) is 11.7. The van der Waals surface area contributed by atoms with E-state index in [1.807, 2.05) is 37.3 Å². The van der Waals surface area contributed by atoms with Gasteiger partial charge >= 0.3 is 0 Å². The SMILES string of the molecule is C=CC(C)N1CCC(=O)NC(Cc2ccccc2)C1=O. The Morgan fingerprint density at radius 2 is 2.10 bits per heavy atom. The second kappa shape index (κ2) is 6.37. The van der Waals surface area contributed by atoms with Crippen LogP contribution in [-0.2, 0) is 16.0 Å². The van der Waals surface area contributed by atoms with Crippen LogP contribution in [0.15, 0.2) is 43.0 Å². The quantitative estimate of drug-likeness (QED) is 0.845. The fraction of sp³-hybridized carbons (Fsp3) is 0.375. The summed E-state index contributed by atoms with van der Waals surface area (Å²) in [4.78, 5) is 26.0. The van der Waals surface area contributed by atoms with E-state index < -0.39 is 6.04 Å². The lowest BCUT2D eigenvalue weighted by Gasteiger charge is -2.28. The minimum absolute atomic E-state index is 0.0351. The Labute approximate surface area is 119 Å². The monoisotopic (exact) mass is 272 g/mol. The number of hydrogen-bond donors (Lipinski definition) is 1. The van der Waals surface area contributed by atoms with Gasteiger partial charge in [0.15, 0.2) is 0 Å². The molecule has 1 N–H and O–H groups in total. The summed E-state index contributed by atoms with van der Waals surface area (Å²) in [6.07, 6.45) is 2.59. The Kier molecular flexibility index (Phi) is 4.56. The second-order valence-electron chi connectivity index (χ2n) is 5.07. The zero-order chi connectivity index (χ0) is 14.5. The van der Waals surface area contributed by atoms with Gasteiger partial charge in [-0.3, -0.25) is 9.59 Å². The van der Waals surface area contributed by atoms with E-state index in [1.165, 1.54) is 0 Å². The van der Waals surface area contributed by atoms with Crippen molar-refractivity contribution in [3.63, 3.8) is 0 Å². The molecule has 106 valence electrons. The maximum Gasteiger partial charge on any atom is 0.245 e. The molecule has 1 aliphatic heterocycles. The molecule has 2 rings (SSSR count). The van der Waals surface area contributed by atoms with Gasteiger partial charge in [0.25, 0.3) is 0 Å². The molecule has 1 fully saturated rings. The first-order valence-corrected chi connectivity index (χ1v) is 6.88. The molecule has 1 aliphatic rings. The molecule has 0 spiro atoms. The third-order valence-electron chi connectivity index (χ3n) is 3.61. The molecule has 2 unspecified atom stereocenters. The number of benzene rings is 1. The lowest BCUT2D eigenvalue weighted by Crippen LogP contribution is -2.48. The van der Waals surface area contributed by atoms with Gasteiger partial charge in [0, 0.05) is 25.4 Å². The van der Waals surface area contributed by atoms with Crippen molar-refractivity contribution in [1.82, 2.24) is 10.2 Å². The highest BCUT2D eigenvalue weighted by Crippen LogP contribution is 2.12. The van der Waals surface area contributed by atoms with Gasteiger partial charge < -0.3 is 10.2 Å². The molecule has 0 saturated carbocycles. The minimum atomic E-state index is -0.491. The van der Waals surface area contributed by atoms with Gasteiger partial charge in [0.05, 0.1) is 0 Å². The van der Waals surface area contributed by atoms with Crippen molar-refractivity contribution in [3.05, 3.63) is 48.6 Å². The maximum absolute atomic E-state index is 12.6. The molecule has 1 saturated heterocycles. The molecule has 4 heteroatoms. The number of nitrogens with zero attached hydrogens (tertiary/aromatic N) is 1. The first-order valence-electron chi connectivity index (χ1n) is 6.88. The van der Waals surface area contributed by atoms with Crippen molar-refractivity contribution in [2.45, 2.75) is 31.8 Å². The molecule has 0 aliphatic carbocycles. The number of hydrogen-bond acceptors (Lipinski definition) is 2. The van der Waals surface area contributed by atoms with E-state index >= 15 is 0 Å². The highest BCUT2D eigenvalue weighted by Gasteiger charge is 2.31. The largest absolute Gasteiger partial charge is 0.344 e. The van der Waals surface area contributed by atoms with Crippen LogP contribution < -0.4 is 5.32 Å². The number of amides is 2. The third-order valence-corrected chi connectivity index (χ3v) is 3.61. The number of carbonyl (C=O) groups is 2. The van der Waals surface area contributed by atoms with Crippen molar-refractivity contribution in [1.29, 1.82) is 0 Å². The van der Waals surface area contributed by atoms with Crippen molar-refractivity contribution in [2.24, 2.45) is 0 Å². The number of carbonyl (C=O) groups excluding carboxylic acids is 2. The van der Waals surface area contributed by atoms with E-state index in [4.69, 9.17) is 0 Å². The lowest BCUT2D eigenvalue weighted by molar-refractivity contribution is -0.134. The van der Waals surface area contributed by atoms with Crippen molar-refractivity contribution < 1.29 is 9.59 Å². The van der Waals surface area contributed by atoms with Gasteiger partial charge in [-0.1, -0.05) is 36.4 Å². The maximum atomic E-state index is 12.6. The number of nitrogens with one attached hydrogen (secondary N) is 1. The van der Waals surface area contributed by atoms with Crippen LogP contribution in [0, 0.1) is 0 Å². The molecule has 2 amide bonds. The van der Waals surface area contributed by atoms with Gasteiger partial charge in [0.2, 0.25) is 11.8 Å². The molecular formula is C16H20N2O2. The zero-order valence-electron chi connectivity index (χ0n) is 11.7. The summed E-state index contributed by atoms with van der Waals surface area (Å²) in [5.41, 5.74) is 1.04. The Balaban J connectivity index is 2.18. The first-order chi connectivity index (χ1) is 9.61. The van der Waals surface area contributed by atoms with Gasteiger partial charge in [0.1, 0.15) is 6.04 Å². The number of rotatable bonds is 4. The minimum Gasteiger partial charge on any atom is -0.344 e.